The molecule has 8 heteroatoms. The monoisotopic (exact) mass is 551 g/mol. The van der Waals surface area contributed by atoms with E-state index < -0.39 is 0 Å². The molecule has 2 N–H and O–H groups in total. The van der Waals surface area contributed by atoms with Crippen molar-refractivity contribution in [3.63, 3.8) is 0 Å². The van der Waals surface area contributed by atoms with Crippen LogP contribution in [-0.2, 0) is 16.0 Å². The van der Waals surface area contributed by atoms with Gasteiger partial charge in [-0.3, -0.25) is 9.69 Å². The number of rotatable bonds is 7. The van der Waals surface area contributed by atoms with Crippen molar-refractivity contribution >= 4 is 33.9 Å². The standard InChI is InChI=1S/C33H37N5O3/c1-22(41-3)24-9-11-27-28(20-24)35-33(40)31(27)32(23-7-5-4-6-8-23)34-26-10-12-29-25(19-26)13-14-38(29)30(39)21-37-17-15-36(2)16-18-37/h4-12,19-20,22,35,40H,13-18,21H2,1-3H3. The van der Waals surface area contributed by atoms with Crippen LogP contribution in [0, 0.1) is 0 Å². The molecule has 2 aliphatic heterocycles. The van der Waals surface area contributed by atoms with Gasteiger partial charge >= 0.3 is 0 Å². The van der Waals surface area contributed by atoms with Crippen molar-refractivity contribution in [3.8, 4) is 5.88 Å². The highest BCUT2D eigenvalue weighted by Crippen LogP contribution is 2.35. The minimum atomic E-state index is -0.0602. The number of likely N-dealkylation sites (N-methyl/N-ethyl adjacent to an activating group) is 1. The van der Waals surface area contributed by atoms with Gasteiger partial charge in [-0.05, 0) is 55.8 Å². The number of H-pyrrole nitrogens is 1. The summed E-state index contributed by atoms with van der Waals surface area (Å²) in [5.74, 6) is 0.229. The van der Waals surface area contributed by atoms with Gasteiger partial charge in [0.05, 0.1) is 29.6 Å². The van der Waals surface area contributed by atoms with Gasteiger partial charge in [0, 0.05) is 62.0 Å². The van der Waals surface area contributed by atoms with E-state index in [9.17, 15) is 9.90 Å². The average molecular weight is 552 g/mol. The van der Waals surface area contributed by atoms with Crippen molar-refractivity contribution < 1.29 is 14.6 Å². The molecule has 0 bridgehead atoms. The van der Waals surface area contributed by atoms with Crippen LogP contribution >= 0.6 is 0 Å². The van der Waals surface area contributed by atoms with Crippen LogP contribution in [0.5, 0.6) is 5.88 Å². The number of benzene rings is 3. The number of fused-ring (bicyclic) bond motifs is 2. The van der Waals surface area contributed by atoms with Crippen molar-refractivity contribution in [2.24, 2.45) is 4.99 Å². The summed E-state index contributed by atoms with van der Waals surface area (Å²) in [4.78, 5) is 27.9. The summed E-state index contributed by atoms with van der Waals surface area (Å²) in [5, 5.41) is 12.0. The third kappa shape index (κ3) is 5.51. The molecule has 8 nitrogen and oxygen atoms in total. The second-order valence-corrected chi connectivity index (χ2v) is 11.0. The molecule has 0 aliphatic carbocycles. The second-order valence-electron chi connectivity index (χ2n) is 11.0. The number of hydrogen-bond donors (Lipinski definition) is 2. The minimum Gasteiger partial charge on any atom is -0.494 e. The zero-order valence-corrected chi connectivity index (χ0v) is 23.9. The summed E-state index contributed by atoms with van der Waals surface area (Å²) in [6.07, 6.45) is 0.738. The number of anilines is 1. The number of aromatic amines is 1. The fourth-order valence-electron chi connectivity index (χ4n) is 5.82. The fourth-order valence-corrected chi connectivity index (χ4v) is 5.82. The van der Waals surface area contributed by atoms with Crippen LogP contribution in [0.1, 0.15) is 35.3 Å². The van der Waals surface area contributed by atoms with Crippen LogP contribution in [0.25, 0.3) is 10.9 Å². The van der Waals surface area contributed by atoms with Gasteiger partial charge in [0.2, 0.25) is 5.91 Å². The van der Waals surface area contributed by atoms with E-state index in [1.54, 1.807) is 7.11 Å². The molecule has 1 fully saturated rings. The predicted octanol–water partition coefficient (Wildman–Crippen LogP) is 4.89. The van der Waals surface area contributed by atoms with E-state index in [1.807, 2.05) is 72.5 Å². The molecule has 6 rings (SSSR count). The van der Waals surface area contributed by atoms with Crippen molar-refractivity contribution in [3.05, 3.63) is 89.0 Å². The molecule has 3 aromatic carbocycles. The third-order valence-electron chi connectivity index (χ3n) is 8.37. The number of carbonyl (C=O) groups excluding carboxylic acids is 1. The Bertz CT molecular complexity index is 1590. The lowest BCUT2D eigenvalue weighted by Crippen LogP contribution is -2.48. The van der Waals surface area contributed by atoms with Crippen LogP contribution in [0.4, 0.5) is 11.4 Å². The Morgan fingerprint density at radius 1 is 1.02 bits per heavy atom. The van der Waals surface area contributed by atoms with E-state index in [0.717, 1.165) is 71.6 Å². The first-order valence-electron chi connectivity index (χ1n) is 14.3. The number of nitrogens with one attached hydrogen (secondary N) is 1. The first-order chi connectivity index (χ1) is 19.9. The quantitative estimate of drug-likeness (QED) is 0.320. The lowest BCUT2D eigenvalue weighted by atomic mass is 9.99. The Morgan fingerprint density at radius 2 is 1.80 bits per heavy atom. The summed E-state index contributed by atoms with van der Waals surface area (Å²) in [5.41, 5.74) is 6.97. The molecule has 1 saturated heterocycles. The maximum Gasteiger partial charge on any atom is 0.241 e. The Hall–Kier alpha value is -3.98. The summed E-state index contributed by atoms with van der Waals surface area (Å²) in [6, 6.07) is 22.0. The molecule has 41 heavy (non-hydrogen) atoms. The SMILES string of the molecule is COC(C)c1ccc2c(C(=Nc3ccc4c(c3)CCN4C(=O)CN3CCN(C)CC3)c3ccccc3)c(O)[nH]c2c1. The molecule has 1 aromatic heterocycles. The van der Waals surface area contributed by atoms with E-state index in [4.69, 9.17) is 9.73 Å². The number of nitrogens with zero attached hydrogens (tertiary/aromatic N) is 4. The van der Waals surface area contributed by atoms with E-state index in [1.165, 1.54) is 0 Å². The van der Waals surface area contributed by atoms with Crippen LogP contribution < -0.4 is 4.90 Å². The maximum absolute atomic E-state index is 13.2. The number of amides is 1. The largest absolute Gasteiger partial charge is 0.494 e. The highest BCUT2D eigenvalue weighted by Gasteiger charge is 2.27. The number of carbonyl (C=O) groups is 1. The molecule has 4 aromatic rings. The molecule has 1 amide bonds. The molecule has 0 saturated carbocycles. The Balaban J connectivity index is 1.33. The molecule has 3 heterocycles. The topological polar surface area (TPSA) is 84.4 Å². The molecular formula is C33H37N5O3. The van der Waals surface area contributed by atoms with Crippen LogP contribution in [-0.4, -0.2) is 84.9 Å². The summed E-state index contributed by atoms with van der Waals surface area (Å²) in [7, 11) is 3.81. The van der Waals surface area contributed by atoms with Crippen LogP contribution in [0.15, 0.2) is 71.7 Å². The van der Waals surface area contributed by atoms with Crippen LogP contribution in [0.3, 0.4) is 0 Å². The fraction of sp³-hybridized carbons (Fsp3) is 0.333. The maximum atomic E-state index is 13.2. The molecule has 1 unspecified atom stereocenters. The first-order valence-corrected chi connectivity index (χ1v) is 14.3. The van der Waals surface area contributed by atoms with Crippen molar-refractivity contribution in [2.45, 2.75) is 19.4 Å². The van der Waals surface area contributed by atoms with Gasteiger partial charge in [-0.2, -0.15) is 0 Å². The van der Waals surface area contributed by atoms with Gasteiger partial charge in [0.15, 0.2) is 5.88 Å². The Morgan fingerprint density at radius 3 is 2.56 bits per heavy atom. The number of aromatic hydroxyl groups is 1. The van der Waals surface area contributed by atoms with Gasteiger partial charge in [0.1, 0.15) is 0 Å². The molecular weight excluding hydrogens is 514 g/mol. The highest BCUT2D eigenvalue weighted by molar-refractivity contribution is 6.22. The van der Waals surface area contributed by atoms with E-state index >= 15 is 0 Å². The zero-order chi connectivity index (χ0) is 28.5. The lowest BCUT2D eigenvalue weighted by molar-refractivity contribution is -0.120. The summed E-state index contributed by atoms with van der Waals surface area (Å²) in [6.45, 7) is 6.97. The van der Waals surface area contributed by atoms with Gasteiger partial charge in [0.25, 0.3) is 0 Å². The number of aliphatic imine (C=N–C) groups is 1. The van der Waals surface area contributed by atoms with Gasteiger partial charge in [-0.1, -0.05) is 42.5 Å². The highest BCUT2D eigenvalue weighted by atomic mass is 16.5. The van der Waals surface area contributed by atoms with E-state index in [0.29, 0.717) is 24.4 Å². The molecule has 0 radical (unpaired) electrons. The first kappa shape index (κ1) is 27.2. The number of methoxy groups -OCH3 is 1. The molecule has 1 atom stereocenters. The number of piperazine rings is 1. The van der Waals surface area contributed by atoms with Gasteiger partial charge < -0.3 is 24.6 Å². The third-order valence-corrected chi connectivity index (χ3v) is 8.37. The minimum absolute atomic E-state index is 0.0602. The number of hydrogen-bond acceptors (Lipinski definition) is 6. The predicted molar refractivity (Wildman–Crippen MR) is 164 cm³/mol. The van der Waals surface area contributed by atoms with Gasteiger partial charge in [-0.25, -0.2) is 4.99 Å². The summed E-state index contributed by atoms with van der Waals surface area (Å²) >= 11 is 0. The second kappa shape index (κ2) is 11.5. The van der Waals surface area contributed by atoms with Crippen molar-refractivity contribution in [1.82, 2.24) is 14.8 Å². The molecule has 2 aliphatic rings. The average Bonchev–Trinajstić information content (AvgIpc) is 3.56. The zero-order valence-electron chi connectivity index (χ0n) is 23.9. The van der Waals surface area contributed by atoms with Crippen molar-refractivity contribution in [1.29, 1.82) is 0 Å². The van der Waals surface area contributed by atoms with Crippen LogP contribution in [0.2, 0.25) is 0 Å². The molecule has 0 spiro atoms. The number of ether oxygens (including phenoxy) is 1. The number of aromatic nitrogens is 1. The van der Waals surface area contributed by atoms with E-state index in [-0.39, 0.29) is 17.9 Å². The smallest absolute Gasteiger partial charge is 0.241 e. The Kier molecular flexibility index (Phi) is 7.62. The Labute approximate surface area is 240 Å². The van der Waals surface area contributed by atoms with Gasteiger partial charge in [-0.15, -0.1) is 0 Å². The van der Waals surface area contributed by atoms with Crippen molar-refractivity contribution in [2.75, 3.05) is 58.3 Å². The normalized spacial score (nSPS) is 17.2. The summed E-state index contributed by atoms with van der Waals surface area (Å²) < 4.78 is 5.49. The van der Waals surface area contributed by atoms with E-state index in [2.05, 4.69) is 27.9 Å². The lowest BCUT2D eigenvalue weighted by Gasteiger charge is -2.32. The molecule has 212 valence electrons.